The van der Waals surface area contributed by atoms with Gasteiger partial charge in [-0.1, -0.05) is 13.8 Å². The molecular formula is C12H26O5. The molecule has 0 fully saturated rings. The lowest BCUT2D eigenvalue weighted by Crippen LogP contribution is -2.29. The second-order valence-corrected chi connectivity index (χ2v) is 5.14. The van der Waals surface area contributed by atoms with E-state index in [9.17, 15) is 5.11 Å². The van der Waals surface area contributed by atoms with Gasteiger partial charge >= 0.3 is 0 Å². The van der Waals surface area contributed by atoms with Crippen molar-refractivity contribution in [2.45, 2.75) is 39.9 Å². The zero-order valence-corrected chi connectivity index (χ0v) is 11.6. The van der Waals surface area contributed by atoms with Crippen molar-refractivity contribution < 1.29 is 24.4 Å². The van der Waals surface area contributed by atoms with Gasteiger partial charge in [-0.05, 0) is 13.8 Å². The molecule has 0 aromatic carbocycles. The van der Waals surface area contributed by atoms with E-state index < -0.39 is 6.10 Å². The molecule has 0 bridgehead atoms. The minimum atomic E-state index is -0.587. The molecule has 0 spiro atoms. The first-order chi connectivity index (χ1) is 7.87. The molecule has 0 amide bonds. The highest BCUT2D eigenvalue weighted by molar-refractivity contribution is 4.66. The molecule has 1 unspecified atom stereocenters. The van der Waals surface area contributed by atoms with Gasteiger partial charge in [0.25, 0.3) is 0 Å². The molecule has 0 aliphatic heterocycles. The Hall–Kier alpha value is -0.200. The number of rotatable bonds is 10. The first-order valence-corrected chi connectivity index (χ1v) is 5.90. The summed E-state index contributed by atoms with van der Waals surface area (Å²) in [6.45, 7) is 9.37. The second-order valence-electron chi connectivity index (χ2n) is 5.14. The van der Waals surface area contributed by atoms with Gasteiger partial charge in [0.2, 0.25) is 0 Å². The summed E-state index contributed by atoms with van der Waals surface area (Å²) in [4.78, 5) is 9.41. The molecule has 104 valence electrons. The smallest absolute Gasteiger partial charge is 0.101 e. The van der Waals surface area contributed by atoms with Crippen molar-refractivity contribution in [1.82, 2.24) is 0 Å². The molecule has 17 heavy (non-hydrogen) atoms. The predicted molar refractivity (Wildman–Crippen MR) is 64.7 cm³/mol. The second kappa shape index (κ2) is 8.83. The van der Waals surface area contributed by atoms with Crippen molar-refractivity contribution >= 4 is 0 Å². The van der Waals surface area contributed by atoms with Gasteiger partial charge < -0.3 is 14.6 Å². The molecule has 0 saturated carbocycles. The van der Waals surface area contributed by atoms with Crippen LogP contribution >= 0.6 is 0 Å². The van der Waals surface area contributed by atoms with Crippen molar-refractivity contribution in [2.75, 3.05) is 33.5 Å². The molecule has 0 rings (SSSR count). The lowest BCUT2D eigenvalue weighted by atomic mass is 9.96. The Kier molecular flexibility index (Phi) is 8.72. The average Bonchev–Trinajstić information content (AvgIpc) is 2.23. The summed E-state index contributed by atoms with van der Waals surface area (Å²) in [5.41, 5.74) is -0.144. The maximum absolute atomic E-state index is 9.57. The van der Waals surface area contributed by atoms with E-state index in [1.807, 2.05) is 27.7 Å². The fourth-order valence-corrected chi connectivity index (χ4v) is 1.08. The Bertz CT molecular complexity index is 182. The molecule has 5 heteroatoms. The molecule has 0 aromatic heterocycles. The summed E-state index contributed by atoms with van der Waals surface area (Å²) in [5.74, 6) is 0. The van der Waals surface area contributed by atoms with Gasteiger partial charge in [-0.3, -0.25) is 0 Å². The Labute approximate surface area is 104 Å². The normalized spacial score (nSPS) is 14.3. The zero-order chi connectivity index (χ0) is 13.3. The third-order valence-electron chi connectivity index (χ3n) is 1.99. The fourth-order valence-electron chi connectivity index (χ4n) is 1.08. The molecular weight excluding hydrogens is 224 g/mol. The number of aliphatic hydroxyl groups is 1. The summed E-state index contributed by atoms with van der Waals surface area (Å²) < 4.78 is 10.7. The zero-order valence-electron chi connectivity index (χ0n) is 11.6. The SMILES string of the molecule is COOCC(C)(C)COCC(O)COC(C)C. The number of ether oxygens (including phenoxy) is 2. The first kappa shape index (κ1) is 16.8. The van der Waals surface area contributed by atoms with Gasteiger partial charge in [0.15, 0.2) is 0 Å². The van der Waals surface area contributed by atoms with E-state index in [-0.39, 0.29) is 18.1 Å². The number of hydrogen-bond donors (Lipinski definition) is 1. The molecule has 1 N–H and O–H groups in total. The maximum atomic E-state index is 9.57. The number of aliphatic hydroxyl groups excluding tert-OH is 1. The van der Waals surface area contributed by atoms with Crippen LogP contribution in [0, 0.1) is 5.41 Å². The predicted octanol–water partition coefficient (Wildman–Crippen LogP) is 1.39. The monoisotopic (exact) mass is 250 g/mol. The molecule has 0 aliphatic carbocycles. The van der Waals surface area contributed by atoms with Crippen molar-refractivity contribution in [3.63, 3.8) is 0 Å². The Morgan fingerprint density at radius 1 is 1.12 bits per heavy atom. The van der Waals surface area contributed by atoms with E-state index in [0.29, 0.717) is 19.8 Å². The van der Waals surface area contributed by atoms with E-state index in [1.165, 1.54) is 7.11 Å². The molecule has 0 radical (unpaired) electrons. The lowest BCUT2D eigenvalue weighted by molar-refractivity contribution is -0.290. The van der Waals surface area contributed by atoms with Crippen LogP contribution < -0.4 is 0 Å². The summed E-state index contributed by atoms with van der Waals surface area (Å²) in [6.07, 6.45) is -0.465. The van der Waals surface area contributed by atoms with Crippen molar-refractivity contribution in [3.8, 4) is 0 Å². The largest absolute Gasteiger partial charge is 0.388 e. The van der Waals surface area contributed by atoms with Crippen LogP contribution in [0.15, 0.2) is 0 Å². The van der Waals surface area contributed by atoms with Crippen LogP contribution in [0.2, 0.25) is 0 Å². The van der Waals surface area contributed by atoms with E-state index in [4.69, 9.17) is 14.4 Å². The van der Waals surface area contributed by atoms with E-state index in [0.717, 1.165) is 0 Å². The standard InChI is InChI=1S/C12H26O5/c1-10(2)16-7-11(13)6-15-8-12(3,4)9-17-14-5/h10-11,13H,6-9H2,1-5H3. The van der Waals surface area contributed by atoms with Crippen molar-refractivity contribution in [3.05, 3.63) is 0 Å². The third-order valence-corrected chi connectivity index (χ3v) is 1.99. The lowest BCUT2D eigenvalue weighted by Gasteiger charge is -2.24. The Morgan fingerprint density at radius 2 is 1.76 bits per heavy atom. The Balaban J connectivity index is 3.60. The summed E-state index contributed by atoms with van der Waals surface area (Å²) >= 11 is 0. The fraction of sp³-hybridized carbons (Fsp3) is 1.00. The molecule has 1 atom stereocenters. The summed E-state index contributed by atoms with van der Waals surface area (Å²) in [5, 5.41) is 9.57. The summed E-state index contributed by atoms with van der Waals surface area (Å²) in [6, 6.07) is 0. The van der Waals surface area contributed by atoms with Crippen LogP contribution in [0.5, 0.6) is 0 Å². The first-order valence-electron chi connectivity index (χ1n) is 5.90. The van der Waals surface area contributed by atoms with E-state index in [2.05, 4.69) is 4.89 Å². The van der Waals surface area contributed by atoms with Gasteiger partial charge in [0.1, 0.15) is 6.10 Å². The van der Waals surface area contributed by atoms with Crippen LogP contribution in [0.4, 0.5) is 0 Å². The molecule has 5 nitrogen and oxygen atoms in total. The third kappa shape index (κ3) is 10.7. The summed E-state index contributed by atoms with van der Waals surface area (Å²) in [7, 11) is 1.48. The highest BCUT2D eigenvalue weighted by Crippen LogP contribution is 2.15. The van der Waals surface area contributed by atoms with E-state index in [1.54, 1.807) is 0 Å². The topological polar surface area (TPSA) is 57.2 Å². The quantitative estimate of drug-likeness (QED) is 0.469. The van der Waals surface area contributed by atoms with Crippen LogP contribution in [0.1, 0.15) is 27.7 Å². The minimum Gasteiger partial charge on any atom is -0.388 e. The van der Waals surface area contributed by atoms with Crippen molar-refractivity contribution in [2.24, 2.45) is 5.41 Å². The van der Waals surface area contributed by atoms with E-state index >= 15 is 0 Å². The van der Waals surface area contributed by atoms with Gasteiger partial charge in [0, 0.05) is 5.41 Å². The van der Waals surface area contributed by atoms with Crippen LogP contribution in [-0.2, 0) is 19.2 Å². The van der Waals surface area contributed by atoms with Crippen LogP contribution in [0.3, 0.4) is 0 Å². The molecule has 0 heterocycles. The molecule has 0 aromatic rings. The highest BCUT2D eigenvalue weighted by atomic mass is 17.2. The van der Waals surface area contributed by atoms with Gasteiger partial charge in [-0.15, -0.1) is 0 Å². The maximum Gasteiger partial charge on any atom is 0.101 e. The highest BCUT2D eigenvalue weighted by Gasteiger charge is 2.20. The van der Waals surface area contributed by atoms with Gasteiger partial charge in [-0.2, -0.15) is 0 Å². The van der Waals surface area contributed by atoms with Crippen LogP contribution in [-0.4, -0.2) is 50.9 Å². The van der Waals surface area contributed by atoms with Gasteiger partial charge in [0.05, 0.1) is 39.6 Å². The van der Waals surface area contributed by atoms with Gasteiger partial charge in [-0.25, -0.2) is 9.78 Å². The minimum absolute atomic E-state index is 0.121. The average molecular weight is 250 g/mol. The van der Waals surface area contributed by atoms with Crippen molar-refractivity contribution in [1.29, 1.82) is 0 Å². The Morgan fingerprint density at radius 3 is 2.29 bits per heavy atom. The molecule has 0 saturated heterocycles. The number of hydrogen-bond acceptors (Lipinski definition) is 5. The molecule has 0 aliphatic rings. The van der Waals surface area contributed by atoms with Crippen LogP contribution in [0.25, 0.3) is 0 Å².